The molecule has 6 heteroatoms. The van der Waals surface area contributed by atoms with Crippen molar-refractivity contribution < 1.29 is 14.7 Å². The number of hydrogen-bond acceptors (Lipinski definition) is 4. The van der Waals surface area contributed by atoms with Crippen LogP contribution in [-0.2, 0) is 20.4 Å². The molecule has 6 nitrogen and oxygen atoms in total. The quantitative estimate of drug-likeness (QED) is 0.424. The standard InChI is InChI=1S/C32H51N3O3/c1-13-14-23-26-19(2)35(25-16-22(29(4,5)6)15-24(27(25)37)30(7,8)9)18-21(26)17-32(23,33-20(3)36)28(38)34-31(10,11)12/h13,15-16,19,21,23,26,37H,1,14,17-18H2,2-12H3,(H,33,36)(H,34,38)/t19-,21-,23-,26?,32?/m0/s1. The Bertz CT molecular complexity index is 1090. The van der Waals surface area contributed by atoms with E-state index in [4.69, 9.17) is 0 Å². The maximum absolute atomic E-state index is 13.8. The first kappa shape index (κ1) is 30.0. The van der Waals surface area contributed by atoms with Crippen molar-refractivity contribution in [3.63, 3.8) is 0 Å². The molecular weight excluding hydrogens is 474 g/mol. The van der Waals surface area contributed by atoms with Crippen LogP contribution >= 0.6 is 0 Å². The van der Waals surface area contributed by atoms with Gasteiger partial charge >= 0.3 is 0 Å². The first-order valence-electron chi connectivity index (χ1n) is 14.1. The molecule has 1 saturated heterocycles. The fourth-order valence-electron chi connectivity index (χ4n) is 6.83. The number of benzene rings is 1. The normalized spacial score (nSPS) is 27.7. The average molecular weight is 526 g/mol. The lowest BCUT2D eigenvalue weighted by molar-refractivity contribution is -0.136. The van der Waals surface area contributed by atoms with Crippen molar-refractivity contribution in [2.24, 2.45) is 17.8 Å². The summed E-state index contributed by atoms with van der Waals surface area (Å²) in [4.78, 5) is 28.6. The second-order valence-electron chi connectivity index (χ2n) is 14.8. The van der Waals surface area contributed by atoms with Crippen LogP contribution in [0.3, 0.4) is 0 Å². The van der Waals surface area contributed by atoms with Crippen molar-refractivity contribution >= 4 is 17.5 Å². The third-order valence-electron chi connectivity index (χ3n) is 8.49. The van der Waals surface area contributed by atoms with E-state index in [0.717, 1.165) is 11.3 Å². The van der Waals surface area contributed by atoms with Crippen molar-refractivity contribution in [2.45, 2.75) is 117 Å². The fourth-order valence-corrected chi connectivity index (χ4v) is 6.83. The second kappa shape index (κ2) is 9.91. The summed E-state index contributed by atoms with van der Waals surface area (Å²) < 4.78 is 0. The van der Waals surface area contributed by atoms with Gasteiger partial charge < -0.3 is 20.6 Å². The predicted octanol–water partition coefficient (Wildman–Crippen LogP) is 5.81. The number of amides is 2. The molecule has 2 aliphatic rings. The number of allylic oxidation sites excluding steroid dienone is 1. The summed E-state index contributed by atoms with van der Waals surface area (Å²) in [5, 5.41) is 17.9. The first-order chi connectivity index (χ1) is 17.2. The third kappa shape index (κ3) is 5.60. The van der Waals surface area contributed by atoms with Gasteiger partial charge in [0.25, 0.3) is 0 Å². The molecule has 0 radical (unpaired) electrons. The molecule has 0 bridgehead atoms. The zero-order valence-electron chi connectivity index (χ0n) is 25.6. The highest BCUT2D eigenvalue weighted by atomic mass is 16.3. The number of anilines is 1. The van der Waals surface area contributed by atoms with E-state index in [1.807, 2.05) is 26.8 Å². The molecule has 3 rings (SSSR count). The van der Waals surface area contributed by atoms with Crippen LogP contribution in [0.5, 0.6) is 5.75 Å². The maximum atomic E-state index is 13.8. The minimum atomic E-state index is -0.991. The summed E-state index contributed by atoms with van der Waals surface area (Å²) in [7, 11) is 0. The number of rotatable bonds is 5. The van der Waals surface area contributed by atoms with Gasteiger partial charge in [-0.1, -0.05) is 53.7 Å². The monoisotopic (exact) mass is 525 g/mol. The van der Waals surface area contributed by atoms with Gasteiger partial charge in [-0.3, -0.25) is 9.59 Å². The molecule has 3 N–H and O–H groups in total. The molecule has 2 fully saturated rings. The second-order valence-corrected chi connectivity index (χ2v) is 14.8. The summed E-state index contributed by atoms with van der Waals surface area (Å²) in [5.41, 5.74) is 1.32. The van der Waals surface area contributed by atoms with Crippen molar-refractivity contribution in [2.75, 3.05) is 11.4 Å². The maximum Gasteiger partial charge on any atom is 0.246 e. The third-order valence-corrected chi connectivity index (χ3v) is 8.49. The highest BCUT2D eigenvalue weighted by molar-refractivity contribution is 5.92. The molecule has 0 aromatic heterocycles. The molecule has 1 aliphatic carbocycles. The number of fused-ring (bicyclic) bond motifs is 1. The van der Waals surface area contributed by atoms with Crippen molar-refractivity contribution in [1.82, 2.24) is 10.6 Å². The molecule has 1 aromatic rings. The molecular formula is C32H51N3O3. The number of carbonyl (C=O) groups is 2. The van der Waals surface area contributed by atoms with E-state index in [-0.39, 0.29) is 46.4 Å². The summed E-state index contributed by atoms with van der Waals surface area (Å²) in [6.45, 7) is 27.3. The van der Waals surface area contributed by atoms with E-state index < -0.39 is 11.1 Å². The van der Waals surface area contributed by atoms with Gasteiger partial charge in [0.2, 0.25) is 11.8 Å². The van der Waals surface area contributed by atoms with E-state index in [1.165, 1.54) is 12.5 Å². The minimum Gasteiger partial charge on any atom is -0.505 e. The smallest absolute Gasteiger partial charge is 0.246 e. The van der Waals surface area contributed by atoms with Gasteiger partial charge in [0.05, 0.1) is 5.69 Å². The first-order valence-corrected chi connectivity index (χ1v) is 14.1. The number of aromatic hydroxyl groups is 1. The molecule has 1 aliphatic heterocycles. The highest BCUT2D eigenvalue weighted by Gasteiger charge is 2.62. The van der Waals surface area contributed by atoms with E-state index in [2.05, 4.69) is 82.7 Å². The van der Waals surface area contributed by atoms with Gasteiger partial charge in [0, 0.05) is 30.6 Å². The summed E-state index contributed by atoms with van der Waals surface area (Å²) >= 11 is 0. The molecule has 38 heavy (non-hydrogen) atoms. The Kier molecular flexibility index (Phi) is 7.84. The van der Waals surface area contributed by atoms with Crippen LogP contribution in [0.4, 0.5) is 5.69 Å². The average Bonchev–Trinajstić information content (AvgIpc) is 3.19. The molecule has 2 unspecified atom stereocenters. The van der Waals surface area contributed by atoms with Crippen LogP contribution in [-0.4, -0.2) is 40.6 Å². The number of phenols is 1. The lowest BCUT2D eigenvalue weighted by Crippen LogP contribution is -2.64. The van der Waals surface area contributed by atoms with Crippen LogP contribution < -0.4 is 15.5 Å². The van der Waals surface area contributed by atoms with Gasteiger partial charge in [-0.2, -0.15) is 0 Å². The molecule has 1 aromatic carbocycles. The van der Waals surface area contributed by atoms with Gasteiger partial charge in [0.15, 0.2) is 0 Å². The Balaban J connectivity index is 2.11. The fraction of sp³-hybridized carbons (Fsp3) is 0.688. The van der Waals surface area contributed by atoms with E-state index in [1.54, 1.807) is 0 Å². The zero-order chi connectivity index (χ0) is 29.0. The van der Waals surface area contributed by atoms with Crippen LogP contribution in [0.1, 0.15) is 100 Å². The van der Waals surface area contributed by atoms with E-state index in [0.29, 0.717) is 25.1 Å². The Hall–Kier alpha value is -2.50. The van der Waals surface area contributed by atoms with Crippen LogP contribution in [0, 0.1) is 17.8 Å². The van der Waals surface area contributed by atoms with Crippen LogP contribution in [0.2, 0.25) is 0 Å². The lowest BCUT2D eigenvalue weighted by Gasteiger charge is -2.41. The molecule has 1 heterocycles. The van der Waals surface area contributed by atoms with Gasteiger partial charge in [0.1, 0.15) is 11.3 Å². The molecule has 0 spiro atoms. The van der Waals surface area contributed by atoms with E-state index >= 15 is 0 Å². The Morgan fingerprint density at radius 1 is 1.11 bits per heavy atom. The zero-order valence-corrected chi connectivity index (χ0v) is 25.6. The SMILES string of the molecule is C=CC[C@H]1C2[C@H](CN(c3cc(C(C)(C)C)cc(C(C)(C)C)c3O)[C@H]2C)CC1(NC(C)=O)C(=O)NC(C)(C)C. The molecule has 5 atom stereocenters. The lowest BCUT2D eigenvalue weighted by atomic mass is 9.76. The minimum absolute atomic E-state index is 0.0666. The topological polar surface area (TPSA) is 81.7 Å². The summed E-state index contributed by atoms with van der Waals surface area (Å²) in [5.74, 6) is 0.262. The Morgan fingerprint density at radius 2 is 1.71 bits per heavy atom. The van der Waals surface area contributed by atoms with Gasteiger partial charge in [-0.25, -0.2) is 0 Å². The summed E-state index contributed by atoms with van der Waals surface area (Å²) in [6, 6.07) is 4.37. The molecule has 212 valence electrons. The van der Waals surface area contributed by atoms with Crippen molar-refractivity contribution in [1.29, 1.82) is 0 Å². The van der Waals surface area contributed by atoms with Crippen molar-refractivity contribution in [3.05, 3.63) is 35.9 Å². The molecule has 2 amide bonds. The predicted molar refractivity (Wildman–Crippen MR) is 157 cm³/mol. The number of nitrogens with zero attached hydrogens (tertiary/aromatic N) is 1. The van der Waals surface area contributed by atoms with Gasteiger partial charge in [-0.15, -0.1) is 6.58 Å². The van der Waals surface area contributed by atoms with Crippen molar-refractivity contribution in [3.8, 4) is 5.75 Å². The van der Waals surface area contributed by atoms with Crippen LogP contribution in [0.15, 0.2) is 24.8 Å². The number of carbonyl (C=O) groups excluding carboxylic acids is 2. The van der Waals surface area contributed by atoms with E-state index in [9.17, 15) is 14.7 Å². The number of phenolic OH excluding ortho intramolecular Hbond substituents is 1. The van der Waals surface area contributed by atoms with Gasteiger partial charge in [-0.05, 0) is 80.8 Å². The largest absolute Gasteiger partial charge is 0.505 e. The Labute approximate surface area is 230 Å². The number of hydrogen-bond donors (Lipinski definition) is 3. The highest BCUT2D eigenvalue weighted by Crippen LogP contribution is 2.55. The summed E-state index contributed by atoms with van der Waals surface area (Å²) in [6.07, 6.45) is 3.06. The van der Waals surface area contributed by atoms with Crippen LogP contribution in [0.25, 0.3) is 0 Å². The number of nitrogens with one attached hydrogen (secondary N) is 2. The molecule has 1 saturated carbocycles. The Morgan fingerprint density at radius 3 is 2.18 bits per heavy atom.